The molecule has 1 N–H and O–H groups in total. The molecule has 2 aromatic heterocycles. The van der Waals surface area contributed by atoms with Gasteiger partial charge in [-0.2, -0.15) is 0 Å². The summed E-state index contributed by atoms with van der Waals surface area (Å²) in [5.74, 6) is -0.152. The summed E-state index contributed by atoms with van der Waals surface area (Å²) in [6, 6.07) is 5.32. The number of hydrogen-bond acceptors (Lipinski definition) is 3. The van der Waals surface area contributed by atoms with Crippen molar-refractivity contribution in [1.82, 2.24) is 9.13 Å². The van der Waals surface area contributed by atoms with Crippen LogP contribution >= 0.6 is 0 Å². The standard InChI is InChI=1S/C20H21N3O3/c1-12-10-22(3)20(26)16-14(11-21(2)17(12)16)19(25)23-9-5-7-13-6-4-8-15(24)18(13)23/h4,6,8,10-11,24H,5,7,9H2,1-3H3. The van der Waals surface area contributed by atoms with Gasteiger partial charge in [0.15, 0.2) is 0 Å². The highest BCUT2D eigenvalue weighted by molar-refractivity contribution is 6.15. The van der Waals surface area contributed by atoms with Crippen molar-refractivity contribution in [2.75, 3.05) is 11.4 Å². The van der Waals surface area contributed by atoms with Gasteiger partial charge in [0.1, 0.15) is 5.75 Å². The molecule has 26 heavy (non-hydrogen) atoms. The molecule has 6 nitrogen and oxygen atoms in total. The minimum atomic E-state index is -0.249. The first-order valence-electron chi connectivity index (χ1n) is 8.68. The molecule has 4 rings (SSSR count). The van der Waals surface area contributed by atoms with Crippen molar-refractivity contribution >= 4 is 22.5 Å². The van der Waals surface area contributed by atoms with Crippen LogP contribution in [0.2, 0.25) is 0 Å². The first-order valence-corrected chi connectivity index (χ1v) is 8.68. The van der Waals surface area contributed by atoms with Gasteiger partial charge in [-0.05, 0) is 37.0 Å². The number of aryl methyl sites for hydroxylation is 4. The number of anilines is 1. The van der Waals surface area contributed by atoms with Crippen molar-refractivity contribution in [3.05, 3.63) is 57.6 Å². The van der Waals surface area contributed by atoms with E-state index >= 15 is 0 Å². The molecule has 0 bridgehead atoms. The molecule has 0 saturated carbocycles. The number of aromatic hydroxyl groups is 1. The quantitative estimate of drug-likeness (QED) is 0.732. The van der Waals surface area contributed by atoms with E-state index in [2.05, 4.69) is 0 Å². The van der Waals surface area contributed by atoms with Crippen LogP contribution in [0.4, 0.5) is 5.69 Å². The highest BCUT2D eigenvalue weighted by atomic mass is 16.3. The molecule has 0 radical (unpaired) electrons. The lowest BCUT2D eigenvalue weighted by atomic mass is 10.00. The Bertz CT molecular complexity index is 1110. The van der Waals surface area contributed by atoms with E-state index in [4.69, 9.17) is 0 Å². The maximum Gasteiger partial charge on any atom is 0.260 e. The van der Waals surface area contributed by atoms with E-state index in [1.54, 1.807) is 36.5 Å². The predicted octanol–water partition coefficient (Wildman–Crippen LogP) is 2.48. The van der Waals surface area contributed by atoms with E-state index in [0.29, 0.717) is 23.2 Å². The summed E-state index contributed by atoms with van der Waals surface area (Å²) >= 11 is 0. The van der Waals surface area contributed by atoms with Crippen LogP contribution in [0.3, 0.4) is 0 Å². The molecule has 1 aliphatic rings. The Morgan fingerprint density at radius 3 is 2.69 bits per heavy atom. The second kappa shape index (κ2) is 5.76. The van der Waals surface area contributed by atoms with Gasteiger partial charge in [0.2, 0.25) is 0 Å². The highest BCUT2D eigenvalue weighted by Gasteiger charge is 2.29. The monoisotopic (exact) mass is 351 g/mol. The van der Waals surface area contributed by atoms with Crippen molar-refractivity contribution in [3.63, 3.8) is 0 Å². The largest absolute Gasteiger partial charge is 0.506 e. The number of carbonyl (C=O) groups excluding carboxylic acids is 1. The van der Waals surface area contributed by atoms with Crippen LogP contribution in [0.25, 0.3) is 10.9 Å². The zero-order valence-corrected chi connectivity index (χ0v) is 15.1. The number of pyridine rings is 1. The number of aromatic nitrogens is 2. The number of carbonyl (C=O) groups is 1. The number of phenols is 1. The fourth-order valence-corrected chi connectivity index (χ4v) is 4.05. The molecular weight excluding hydrogens is 330 g/mol. The molecule has 0 saturated heterocycles. The number of nitrogens with zero attached hydrogens (tertiary/aromatic N) is 3. The second-order valence-corrected chi connectivity index (χ2v) is 6.95. The average Bonchev–Trinajstić information content (AvgIpc) is 2.97. The molecule has 0 atom stereocenters. The summed E-state index contributed by atoms with van der Waals surface area (Å²) in [6.45, 7) is 2.45. The van der Waals surface area contributed by atoms with Gasteiger partial charge in [-0.1, -0.05) is 12.1 Å². The molecule has 134 valence electrons. The van der Waals surface area contributed by atoms with Crippen molar-refractivity contribution < 1.29 is 9.90 Å². The van der Waals surface area contributed by atoms with Crippen LogP contribution in [0.15, 0.2) is 35.4 Å². The summed E-state index contributed by atoms with van der Waals surface area (Å²) < 4.78 is 3.34. The van der Waals surface area contributed by atoms with Gasteiger partial charge in [-0.25, -0.2) is 0 Å². The van der Waals surface area contributed by atoms with E-state index in [-0.39, 0.29) is 17.2 Å². The lowest BCUT2D eigenvalue weighted by Crippen LogP contribution is -2.36. The van der Waals surface area contributed by atoms with Gasteiger partial charge in [0.05, 0.1) is 22.2 Å². The van der Waals surface area contributed by atoms with E-state index in [0.717, 1.165) is 29.5 Å². The topological polar surface area (TPSA) is 67.5 Å². The van der Waals surface area contributed by atoms with Gasteiger partial charge >= 0.3 is 0 Å². The third-order valence-corrected chi connectivity index (χ3v) is 5.15. The number of benzene rings is 1. The predicted molar refractivity (Wildman–Crippen MR) is 101 cm³/mol. The molecule has 3 heterocycles. The Kier molecular flexibility index (Phi) is 3.64. The molecule has 0 aliphatic carbocycles. The number of fused-ring (bicyclic) bond motifs is 2. The van der Waals surface area contributed by atoms with Crippen molar-refractivity contribution in [1.29, 1.82) is 0 Å². The van der Waals surface area contributed by atoms with Gasteiger partial charge in [-0.15, -0.1) is 0 Å². The summed E-state index contributed by atoms with van der Waals surface area (Å²) in [5.41, 5.74) is 3.41. The van der Waals surface area contributed by atoms with E-state index in [1.165, 1.54) is 4.57 Å². The second-order valence-electron chi connectivity index (χ2n) is 6.95. The smallest absolute Gasteiger partial charge is 0.260 e. The third kappa shape index (κ3) is 2.25. The van der Waals surface area contributed by atoms with Crippen LogP contribution in [-0.2, 0) is 20.5 Å². The fraction of sp³-hybridized carbons (Fsp3) is 0.300. The van der Waals surface area contributed by atoms with Crippen LogP contribution < -0.4 is 10.5 Å². The van der Waals surface area contributed by atoms with Crippen molar-refractivity contribution in [2.45, 2.75) is 19.8 Å². The highest BCUT2D eigenvalue weighted by Crippen LogP contribution is 2.36. The lowest BCUT2D eigenvalue weighted by Gasteiger charge is -2.30. The van der Waals surface area contributed by atoms with Crippen LogP contribution in [0.5, 0.6) is 5.75 Å². The fourth-order valence-electron chi connectivity index (χ4n) is 4.05. The summed E-state index contributed by atoms with van der Waals surface area (Å²) in [5, 5.41) is 10.8. The number of hydrogen-bond donors (Lipinski definition) is 1. The average molecular weight is 351 g/mol. The molecule has 1 aliphatic heterocycles. The molecule has 0 unspecified atom stereocenters. The summed E-state index contributed by atoms with van der Waals surface area (Å²) in [6.07, 6.45) is 5.14. The number of amides is 1. The number of para-hydroxylation sites is 1. The van der Waals surface area contributed by atoms with Gasteiger partial charge < -0.3 is 19.1 Å². The maximum absolute atomic E-state index is 13.4. The normalized spacial score (nSPS) is 13.9. The zero-order chi connectivity index (χ0) is 18.6. The van der Waals surface area contributed by atoms with E-state index < -0.39 is 0 Å². The molecule has 3 aromatic rings. The number of rotatable bonds is 1. The van der Waals surface area contributed by atoms with Crippen LogP contribution in [0.1, 0.15) is 27.9 Å². The third-order valence-electron chi connectivity index (χ3n) is 5.15. The summed E-state index contributed by atoms with van der Waals surface area (Å²) in [7, 11) is 3.53. The van der Waals surface area contributed by atoms with Crippen molar-refractivity contribution in [3.8, 4) is 5.75 Å². The van der Waals surface area contributed by atoms with Crippen LogP contribution in [0, 0.1) is 6.92 Å². The van der Waals surface area contributed by atoms with Gasteiger partial charge in [-0.3, -0.25) is 9.59 Å². The Hall–Kier alpha value is -3.02. The molecule has 1 amide bonds. The first kappa shape index (κ1) is 16.4. The molecule has 6 heteroatoms. The SMILES string of the molecule is Cc1cn(C)c(=O)c2c(C(=O)N3CCCc4cccc(O)c43)cn(C)c12. The number of phenolic OH excluding ortho intramolecular Hbond substituents is 1. The van der Waals surface area contributed by atoms with Crippen LogP contribution in [-0.4, -0.2) is 26.7 Å². The van der Waals surface area contributed by atoms with E-state index in [9.17, 15) is 14.7 Å². The minimum absolute atomic E-state index is 0.0971. The maximum atomic E-state index is 13.4. The van der Waals surface area contributed by atoms with Gasteiger partial charge in [0.25, 0.3) is 11.5 Å². The lowest BCUT2D eigenvalue weighted by molar-refractivity contribution is 0.0985. The Morgan fingerprint density at radius 1 is 1.15 bits per heavy atom. The molecule has 0 spiro atoms. The van der Waals surface area contributed by atoms with Crippen molar-refractivity contribution in [2.24, 2.45) is 14.1 Å². The Morgan fingerprint density at radius 2 is 1.92 bits per heavy atom. The zero-order valence-electron chi connectivity index (χ0n) is 15.1. The Labute approximate surface area is 150 Å². The van der Waals surface area contributed by atoms with E-state index in [1.807, 2.05) is 24.6 Å². The first-order chi connectivity index (χ1) is 12.4. The molecule has 0 fully saturated rings. The summed E-state index contributed by atoms with van der Waals surface area (Å²) in [4.78, 5) is 27.7. The molecule has 1 aromatic carbocycles. The Balaban J connectivity index is 1.94. The molecular formula is C20H21N3O3. The minimum Gasteiger partial charge on any atom is -0.506 e. The van der Waals surface area contributed by atoms with Gasteiger partial charge in [0, 0.05) is 33.0 Å².